The Morgan fingerprint density at radius 3 is 2.33 bits per heavy atom. The molecule has 15 heavy (non-hydrogen) atoms. The minimum atomic E-state index is -2.95. The van der Waals surface area contributed by atoms with Crippen molar-refractivity contribution in [2.75, 3.05) is 24.6 Å². The van der Waals surface area contributed by atoms with Gasteiger partial charge in [0.15, 0.2) is 0 Å². The van der Waals surface area contributed by atoms with Gasteiger partial charge in [-0.1, -0.05) is 20.8 Å². The minimum absolute atomic E-state index is 0.111. The number of hydrogen-bond acceptors (Lipinski definition) is 3. The second-order valence-electron chi connectivity index (χ2n) is 5.27. The Hall–Kier alpha value is 0.260. The molecule has 1 aliphatic rings. The van der Waals surface area contributed by atoms with E-state index in [1.54, 1.807) is 4.31 Å². The van der Waals surface area contributed by atoms with Crippen LogP contribution in [0.15, 0.2) is 0 Å². The van der Waals surface area contributed by atoms with Crippen LogP contribution in [0.3, 0.4) is 0 Å². The smallest absolute Gasteiger partial charge is 0.212 e. The summed E-state index contributed by atoms with van der Waals surface area (Å²) in [4.78, 5) is 0. The molecule has 1 heterocycles. The van der Waals surface area contributed by atoms with E-state index < -0.39 is 10.0 Å². The van der Waals surface area contributed by atoms with Crippen molar-refractivity contribution in [3.63, 3.8) is 0 Å². The monoisotopic (exact) mass is 251 g/mol. The number of nitrogens with zero attached hydrogens (tertiary/aromatic N) is 1. The molecule has 5 heteroatoms. The van der Waals surface area contributed by atoms with Crippen LogP contribution in [0.1, 0.15) is 27.2 Å². The van der Waals surface area contributed by atoms with E-state index in [-0.39, 0.29) is 5.41 Å². The van der Waals surface area contributed by atoms with Gasteiger partial charge in [-0.25, -0.2) is 12.7 Å². The van der Waals surface area contributed by atoms with Gasteiger partial charge in [-0.3, -0.25) is 0 Å². The maximum absolute atomic E-state index is 11.6. The fourth-order valence-electron chi connectivity index (χ4n) is 1.75. The molecule has 1 rings (SSSR count). The zero-order chi connectivity index (χ0) is 11.7. The predicted octanol–water partition coefficient (Wildman–Crippen LogP) is 1.61. The van der Waals surface area contributed by atoms with Gasteiger partial charge in [-0.2, -0.15) is 12.6 Å². The van der Waals surface area contributed by atoms with Crippen molar-refractivity contribution in [2.24, 2.45) is 11.3 Å². The van der Waals surface area contributed by atoms with Gasteiger partial charge in [0, 0.05) is 13.1 Å². The molecule has 0 radical (unpaired) electrons. The molecule has 0 aromatic rings. The Labute approximate surface area is 98.7 Å². The standard InChI is InChI=1S/C10H21NO2S2/c1-10(2,3)9(8-14)7-11-5-4-6-15(11,12)13/h9,14H,4-8H2,1-3H3. The maximum Gasteiger partial charge on any atom is 0.214 e. The highest BCUT2D eigenvalue weighted by Gasteiger charge is 2.33. The van der Waals surface area contributed by atoms with E-state index in [0.717, 1.165) is 12.2 Å². The highest BCUT2D eigenvalue weighted by molar-refractivity contribution is 7.89. The topological polar surface area (TPSA) is 37.4 Å². The van der Waals surface area contributed by atoms with E-state index in [2.05, 4.69) is 33.4 Å². The molecule has 0 spiro atoms. The van der Waals surface area contributed by atoms with E-state index in [0.29, 0.717) is 24.8 Å². The lowest BCUT2D eigenvalue weighted by Gasteiger charge is -2.32. The van der Waals surface area contributed by atoms with Crippen LogP contribution in [0.4, 0.5) is 0 Å². The summed E-state index contributed by atoms with van der Waals surface area (Å²) in [6.45, 7) is 7.71. The first kappa shape index (κ1) is 13.3. The lowest BCUT2D eigenvalue weighted by Crippen LogP contribution is -2.37. The molecule has 0 amide bonds. The van der Waals surface area contributed by atoms with Crippen LogP contribution in [0.2, 0.25) is 0 Å². The molecule has 0 bridgehead atoms. The summed E-state index contributed by atoms with van der Waals surface area (Å²) in [6.07, 6.45) is 0.770. The van der Waals surface area contributed by atoms with Gasteiger partial charge in [0.2, 0.25) is 10.0 Å². The normalized spacial score (nSPS) is 24.3. The molecule has 0 aromatic heterocycles. The Kier molecular flexibility index (Phi) is 4.12. The zero-order valence-corrected chi connectivity index (χ0v) is 11.4. The number of rotatable bonds is 3. The molecule has 0 N–H and O–H groups in total. The van der Waals surface area contributed by atoms with Crippen LogP contribution in [0.25, 0.3) is 0 Å². The first-order valence-corrected chi connectivity index (χ1v) is 7.60. The third kappa shape index (κ3) is 3.36. The summed E-state index contributed by atoms with van der Waals surface area (Å²) in [5, 5.41) is 0. The van der Waals surface area contributed by atoms with Crippen molar-refractivity contribution in [2.45, 2.75) is 27.2 Å². The van der Waals surface area contributed by atoms with Gasteiger partial charge in [0.1, 0.15) is 0 Å². The van der Waals surface area contributed by atoms with E-state index in [9.17, 15) is 8.42 Å². The molecule has 0 aromatic carbocycles. The number of hydrogen-bond donors (Lipinski definition) is 1. The second-order valence-corrected chi connectivity index (χ2v) is 7.73. The predicted molar refractivity (Wildman–Crippen MR) is 66.8 cm³/mol. The number of thiol groups is 1. The molecule has 1 unspecified atom stereocenters. The van der Waals surface area contributed by atoms with Crippen molar-refractivity contribution in [1.29, 1.82) is 0 Å². The third-order valence-corrected chi connectivity index (χ3v) is 5.44. The summed E-state index contributed by atoms with van der Waals surface area (Å²) < 4.78 is 24.9. The molecule has 0 aliphatic carbocycles. The molecule has 1 fully saturated rings. The minimum Gasteiger partial charge on any atom is -0.212 e. The summed E-state index contributed by atoms with van der Waals surface area (Å²) in [5.41, 5.74) is 0.111. The van der Waals surface area contributed by atoms with Crippen LogP contribution in [0.5, 0.6) is 0 Å². The molecule has 3 nitrogen and oxygen atoms in total. The fraction of sp³-hybridized carbons (Fsp3) is 1.00. The van der Waals surface area contributed by atoms with Crippen molar-refractivity contribution < 1.29 is 8.42 Å². The molecular weight excluding hydrogens is 230 g/mol. The van der Waals surface area contributed by atoms with Crippen LogP contribution in [-0.4, -0.2) is 37.3 Å². The SMILES string of the molecule is CC(C)(C)C(CS)CN1CCCS1(=O)=O. The van der Waals surface area contributed by atoms with Crippen LogP contribution >= 0.6 is 12.6 Å². The van der Waals surface area contributed by atoms with E-state index in [1.807, 2.05) is 0 Å². The molecule has 1 atom stereocenters. The zero-order valence-electron chi connectivity index (χ0n) is 9.73. The van der Waals surface area contributed by atoms with Gasteiger partial charge in [0.05, 0.1) is 5.75 Å². The molecule has 1 saturated heterocycles. The lowest BCUT2D eigenvalue weighted by molar-refractivity contribution is 0.224. The highest BCUT2D eigenvalue weighted by Crippen LogP contribution is 2.29. The molecule has 1 aliphatic heterocycles. The van der Waals surface area contributed by atoms with E-state index in [1.165, 1.54) is 0 Å². The Morgan fingerprint density at radius 1 is 1.40 bits per heavy atom. The van der Waals surface area contributed by atoms with Gasteiger partial charge in [0.25, 0.3) is 0 Å². The largest absolute Gasteiger partial charge is 0.214 e. The van der Waals surface area contributed by atoms with Gasteiger partial charge < -0.3 is 0 Å². The second kappa shape index (κ2) is 4.63. The summed E-state index contributed by atoms with van der Waals surface area (Å²) in [7, 11) is -2.95. The summed E-state index contributed by atoms with van der Waals surface area (Å²) in [6, 6.07) is 0. The fourth-order valence-corrected chi connectivity index (χ4v) is 3.98. The molecule has 90 valence electrons. The molecular formula is C10H21NO2S2. The first-order valence-electron chi connectivity index (χ1n) is 5.36. The third-order valence-electron chi connectivity index (χ3n) is 3.07. The highest BCUT2D eigenvalue weighted by atomic mass is 32.2. The lowest BCUT2D eigenvalue weighted by atomic mass is 9.82. The average molecular weight is 251 g/mol. The maximum atomic E-state index is 11.6. The van der Waals surface area contributed by atoms with Gasteiger partial charge in [-0.15, -0.1) is 0 Å². The first-order chi connectivity index (χ1) is 6.77. The van der Waals surface area contributed by atoms with Crippen molar-refractivity contribution >= 4 is 22.7 Å². The van der Waals surface area contributed by atoms with E-state index in [4.69, 9.17) is 0 Å². The van der Waals surface area contributed by atoms with Gasteiger partial charge >= 0.3 is 0 Å². The van der Waals surface area contributed by atoms with Crippen molar-refractivity contribution in [1.82, 2.24) is 4.31 Å². The van der Waals surface area contributed by atoms with Crippen molar-refractivity contribution in [3.8, 4) is 0 Å². The van der Waals surface area contributed by atoms with Crippen LogP contribution in [0, 0.1) is 11.3 Å². The molecule has 0 saturated carbocycles. The van der Waals surface area contributed by atoms with Crippen molar-refractivity contribution in [3.05, 3.63) is 0 Å². The van der Waals surface area contributed by atoms with Crippen LogP contribution < -0.4 is 0 Å². The number of sulfonamides is 1. The Balaban J connectivity index is 2.68. The van der Waals surface area contributed by atoms with Crippen LogP contribution in [-0.2, 0) is 10.0 Å². The average Bonchev–Trinajstić information content (AvgIpc) is 2.39. The Bertz CT molecular complexity index is 306. The summed E-state index contributed by atoms with van der Waals surface area (Å²) >= 11 is 4.32. The van der Waals surface area contributed by atoms with E-state index >= 15 is 0 Å². The Morgan fingerprint density at radius 2 is 2.00 bits per heavy atom. The quantitative estimate of drug-likeness (QED) is 0.774. The summed E-state index contributed by atoms with van der Waals surface area (Å²) in [5.74, 6) is 1.36. The van der Waals surface area contributed by atoms with Gasteiger partial charge in [-0.05, 0) is 23.5 Å².